The highest BCUT2D eigenvalue weighted by Gasteiger charge is 2.29. The first kappa shape index (κ1) is 23.8. The molecule has 31 heavy (non-hydrogen) atoms. The quantitative estimate of drug-likeness (QED) is 0.284. The number of aliphatic hydroxyl groups excluding tert-OH is 1. The van der Waals surface area contributed by atoms with Gasteiger partial charge in [0.2, 0.25) is 0 Å². The fourth-order valence-corrected chi connectivity index (χ4v) is 5.37. The second-order valence-electron chi connectivity index (χ2n) is 9.47. The molecule has 1 aromatic carbocycles. The van der Waals surface area contributed by atoms with Gasteiger partial charge in [0.05, 0.1) is 0 Å². The lowest BCUT2D eigenvalue weighted by Crippen LogP contribution is -2.23. The maximum absolute atomic E-state index is 11.6. The maximum atomic E-state index is 11.6. The van der Waals surface area contributed by atoms with Crippen LogP contribution in [0.25, 0.3) is 0 Å². The number of hydrogen-bond acceptors (Lipinski definition) is 4. The largest absolute Gasteiger partial charge is 0.490 e. The summed E-state index contributed by atoms with van der Waals surface area (Å²) < 4.78 is 11.2. The van der Waals surface area contributed by atoms with Gasteiger partial charge in [-0.05, 0) is 80.4 Å². The number of aliphatic hydroxyl groups is 1. The molecule has 0 saturated heterocycles. The number of rotatable bonds is 10. The average Bonchev–Trinajstić information content (AvgIpc) is 2.81. The second-order valence-corrected chi connectivity index (χ2v) is 9.47. The molecule has 0 bridgehead atoms. The lowest BCUT2D eigenvalue weighted by atomic mass is 9.70. The molecule has 2 aliphatic carbocycles. The standard InChI is InChI=1S/C27H40O4/c1-20(2)27(29)31-18-17-30-26-19-25(15-14-24(26)9-6-16-28)23-12-10-22(11-13-23)21-7-4-3-5-8-21/h14-15,19,21-23,28H,1,3-13,16-18H2,2H3. The topological polar surface area (TPSA) is 55.8 Å². The molecule has 0 atom stereocenters. The number of benzene rings is 1. The van der Waals surface area contributed by atoms with Crippen molar-refractivity contribution in [2.45, 2.75) is 83.5 Å². The van der Waals surface area contributed by atoms with Crippen molar-refractivity contribution in [3.05, 3.63) is 41.5 Å². The normalized spacial score (nSPS) is 22.1. The van der Waals surface area contributed by atoms with E-state index >= 15 is 0 Å². The summed E-state index contributed by atoms with van der Waals surface area (Å²) in [4.78, 5) is 11.6. The zero-order chi connectivity index (χ0) is 22.1. The third-order valence-electron chi connectivity index (χ3n) is 7.18. The lowest BCUT2D eigenvalue weighted by Gasteiger charge is -2.36. The van der Waals surface area contributed by atoms with Crippen molar-refractivity contribution in [1.29, 1.82) is 0 Å². The molecular formula is C27H40O4. The zero-order valence-corrected chi connectivity index (χ0v) is 19.2. The van der Waals surface area contributed by atoms with Crippen LogP contribution in [0.2, 0.25) is 0 Å². The molecule has 0 spiro atoms. The monoisotopic (exact) mass is 428 g/mol. The number of ether oxygens (including phenoxy) is 2. The van der Waals surface area contributed by atoms with E-state index in [1.54, 1.807) is 6.92 Å². The molecule has 2 aliphatic rings. The first-order chi connectivity index (χ1) is 15.1. The Labute approximate surface area is 188 Å². The van der Waals surface area contributed by atoms with Crippen LogP contribution in [0.5, 0.6) is 5.75 Å². The molecule has 3 rings (SSSR count). The Morgan fingerprint density at radius 3 is 2.42 bits per heavy atom. The molecule has 2 saturated carbocycles. The molecule has 1 aromatic rings. The third kappa shape index (κ3) is 7.10. The molecular weight excluding hydrogens is 388 g/mol. The molecule has 0 heterocycles. The third-order valence-corrected chi connectivity index (χ3v) is 7.18. The van der Waals surface area contributed by atoms with Crippen LogP contribution in [-0.4, -0.2) is 30.9 Å². The van der Waals surface area contributed by atoms with Crippen molar-refractivity contribution in [1.82, 2.24) is 0 Å². The Hall–Kier alpha value is -1.81. The summed E-state index contributed by atoms with van der Waals surface area (Å²) in [6.45, 7) is 5.94. The fourth-order valence-electron chi connectivity index (χ4n) is 5.37. The minimum absolute atomic E-state index is 0.169. The molecule has 0 unspecified atom stereocenters. The first-order valence-electron chi connectivity index (χ1n) is 12.3. The number of aryl methyl sites for hydroxylation is 1. The highest BCUT2D eigenvalue weighted by molar-refractivity contribution is 5.86. The van der Waals surface area contributed by atoms with E-state index in [0.717, 1.165) is 29.6 Å². The van der Waals surface area contributed by atoms with Crippen LogP contribution >= 0.6 is 0 Å². The first-order valence-corrected chi connectivity index (χ1v) is 12.3. The van der Waals surface area contributed by atoms with E-state index in [4.69, 9.17) is 9.47 Å². The van der Waals surface area contributed by atoms with Crippen LogP contribution in [0, 0.1) is 11.8 Å². The summed E-state index contributed by atoms with van der Waals surface area (Å²) in [5.74, 6) is 2.99. The van der Waals surface area contributed by atoms with E-state index in [0.29, 0.717) is 24.5 Å². The van der Waals surface area contributed by atoms with E-state index in [1.165, 1.54) is 63.4 Å². The van der Waals surface area contributed by atoms with E-state index in [2.05, 4.69) is 24.8 Å². The van der Waals surface area contributed by atoms with Gasteiger partial charge in [-0.3, -0.25) is 0 Å². The maximum Gasteiger partial charge on any atom is 0.333 e. The van der Waals surface area contributed by atoms with Crippen molar-refractivity contribution >= 4 is 5.97 Å². The highest BCUT2D eigenvalue weighted by Crippen LogP contribution is 2.43. The van der Waals surface area contributed by atoms with Gasteiger partial charge < -0.3 is 14.6 Å². The number of carbonyl (C=O) groups is 1. The van der Waals surface area contributed by atoms with E-state index < -0.39 is 0 Å². The van der Waals surface area contributed by atoms with Crippen molar-refractivity contribution in [2.75, 3.05) is 19.8 Å². The predicted octanol–water partition coefficient (Wildman–Crippen LogP) is 5.96. The molecule has 172 valence electrons. The van der Waals surface area contributed by atoms with Crippen molar-refractivity contribution in [3.63, 3.8) is 0 Å². The Morgan fingerprint density at radius 2 is 1.74 bits per heavy atom. The summed E-state index contributed by atoms with van der Waals surface area (Å²) in [5, 5.41) is 9.23. The predicted molar refractivity (Wildman–Crippen MR) is 124 cm³/mol. The van der Waals surface area contributed by atoms with Gasteiger partial charge in [-0.25, -0.2) is 4.79 Å². The van der Waals surface area contributed by atoms with Crippen molar-refractivity contribution in [3.8, 4) is 5.75 Å². The SMILES string of the molecule is C=C(C)C(=O)OCCOc1cc(C2CCC(C3CCCCC3)CC2)ccc1CCCO. The summed E-state index contributed by atoms with van der Waals surface area (Å²) in [7, 11) is 0. The minimum atomic E-state index is -0.382. The summed E-state index contributed by atoms with van der Waals surface area (Å²) in [6, 6.07) is 6.61. The van der Waals surface area contributed by atoms with Gasteiger partial charge in [0.1, 0.15) is 19.0 Å². The van der Waals surface area contributed by atoms with Crippen LogP contribution in [0.4, 0.5) is 0 Å². The Kier molecular flexibility index (Phi) is 9.45. The average molecular weight is 429 g/mol. The van der Waals surface area contributed by atoms with Crippen LogP contribution in [0.1, 0.15) is 88.2 Å². The zero-order valence-electron chi connectivity index (χ0n) is 19.2. The lowest BCUT2D eigenvalue weighted by molar-refractivity contribution is -0.139. The highest BCUT2D eigenvalue weighted by atomic mass is 16.6. The molecule has 1 N–H and O–H groups in total. The van der Waals surface area contributed by atoms with Gasteiger partial charge in [-0.15, -0.1) is 0 Å². The summed E-state index contributed by atoms with van der Waals surface area (Å²) in [6.07, 6.45) is 13.9. The van der Waals surface area contributed by atoms with Crippen molar-refractivity contribution in [2.24, 2.45) is 11.8 Å². The Balaban J connectivity index is 1.58. The molecule has 0 aromatic heterocycles. The van der Waals surface area contributed by atoms with Crippen LogP contribution in [0.15, 0.2) is 30.4 Å². The molecule has 0 amide bonds. The van der Waals surface area contributed by atoms with Gasteiger partial charge in [0.15, 0.2) is 0 Å². The Morgan fingerprint density at radius 1 is 1.03 bits per heavy atom. The van der Waals surface area contributed by atoms with E-state index in [-0.39, 0.29) is 19.2 Å². The smallest absolute Gasteiger partial charge is 0.333 e. The van der Waals surface area contributed by atoms with Crippen LogP contribution < -0.4 is 4.74 Å². The van der Waals surface area contributed by atoms with E-state index in [1.807, 2.05) is 0 Å². The molecule has 0 radical (unpaired) electrons. The summed E-state index contributed by atoms with van der Waals surface area (Å²) >= 11 is 0. The van der Waals surface area contributed by atoms with Gasteiger partial charge in [-0.2, -0.15) is 0 Å². The molecule has 0 aliphatic heterocycles. The fraction of sp³-hybridized carbons (Fsp3) is 0.667. The minimum Gasteiger partial charge on any atom is -0.490 e. The van der Waals surface area contributed by atoms with Gasteiger partial charge in [0.25, 0.3) is 0 Å². The van der Waals surface area contributed by atoms with E-state index in [9.17, 15) is 9.90 Å². The molecule has 4 heteroatoms. The number of esters is 1. The van der Waals surface area contributed by atoms with Gasteiger partial charge in [-0.1, -0.05) is 50.8 Å². The summed E-state index contributed by atoms with van der Waals surface area (Å²) in [5.41, 5.74) is 2.87. The van der Waals surface area contributed by atoms with Gasteiger partial charge in [0, 0.05) is 12.2 Å². The number of carbonyl (C=O) groups excluding carboxylic acids is 1. The molecule has 4 nitrogen and oxygen atoms in total. The Bertz CT molecular complexity index is 712. The van der Waals surface area contributed by atoms with Crippen molar-refractivity contribution < 1.29 is 19.4 Å². The van der Waals surface area contributed by atoms with Crippen LogP contribution in [0.3, 0.4) is 0 Å². The molecule has 2 fully saturated rings. The number of hydrogen-bond donors (Lipinski definition) is 1. The van der Waals surface area contributed by atoms with Crippen LogP contribution in [-0.2, 0) is 16.0 Å². The van der Waals surface area contributed by atoms with Gasteiger partial charge >= 0.3 is 5.97 Å². The second kappa shape index (κ2) is 12.3.